The van der Waals surface area contributed by atoms with Crippen LogP contribution in [-0.2, 0) is 0 Å². The molecule has 0 spiro atoms. The second kappa shape index (κ2) is 5.48. The van der Waals surface area contributed by atoms with E-state index in [4.69, 9.17) is 5.73 Å². The number of hydrogen-bond donors (Lipinski definition) is 3. The van der Waals surface area contributed by atoms with E-state index in [9.17, 15) is 13.9 Å². The number of aromatic amines is 1. The minimum atomic E-state index is -1.51. The summed E-state index contributed by atoms with van der Waals surface area (Å²) < 4.78 is 28.1. The summed E-state index contributed by atoms with van der Waals surface area (Å²) in [5.74, 6) is -1.82. The first-order valence-electron chi connectivity index (χ1n) is 6.94. The van der Waals surface area contributed by atoms with Gasteiger partial charge < -0.3 is 15.8 Å². The minimum absolute atomic E-state index is 0.221. The van der Waals surface area contributed by atoms with Crippen molar-refractivity contribution in [2.24, 2.45) is 0 Å². The first kappa shape index (κ1) is 15.2. The Morgan fingerprint density at radius 3 is 2.83 bits per heavy atom. The van der Waals surface area contributed by atoms with Gasteiger partial charge in [-0.1, -0.05) is 6.58 Å². The van der Waals surface area contributed by atoms with Crippen molar-refractivity contribution in [1.82, 2.24) is 9.97 Å². The van der Waals surface area contributed by atoms with Crippen molar-refractivity contribution in [2.45, 2.75) is 13.0 Å². The molecule has 0 aliphatic heterocycles. The Morgan fingerprint density at radius 2 is 2.13 bits per heavy atom. The summed E-state index contributed by atoms with van der Waals surface area (Å²) in [6, 6.07) is 3.92. The molecule has 4 N–H and O–H groups in total. The Kier molecular flexibility index (Phi) is 3.61. The van der Waals surface area contributed by atoms with Gasteiger partial charge >= 0.3 is 0 Å². The molecule has 23 heavy (non-hydrogen) atoms. The van der Waals surface area contributed by atoms with Gasteiger partial charge in [-0.3, -0.25) is 0 Å². The van der Waals surface area contributed by atoms with Gasteiger partial charge in [0.25, 0.3) is 0 Å². The van der Waals surface area contributed by atoms with Gasteiger partial charge in [-0.05, 0) is 36.3 Å². The predicted octanol–water partition coefficient (Wildman–Crippen LogP) is 3.54. The third-order valence-electron chi connectivity index (χ3n) is 3.78. The lowest BCUT2D eigenvalue weighted by molar-refractivity contribution is 0.211. The lowest BCUT2D eigenvalue weighted by Gasteiger charge is -2.14. The lowest BCUT2D eigenvalue weighted by Crippen LogP contribution is -2.07. The number of aromatic nitrogens is 2. The number of nitrogens with two attached hydrogens (primary N) is 1. The van der Waals surface area contributed by atoms with E-state index >= 15 is 0 Å². The molecular weight excluding hydrogens is 300 g/mol. The van der Waals surface area contributed by atoms with Crippen LogP contribution in [0, 0.1) is 11.6 Å². The number of fused-ring (bicyclic) bond motifs is 1. The van der Waals surface area contributed by atoms with E-state index in [1.165, 1.54) is 6.20 Å². The van der Waals surface area contributed by atoms with E-state index in [1.807, 2.05) is 6.92 Å². The third kappa shape index (κ3) is 2.47. The average molecular weight is 315 g/mol. The molecule has 0 saturated carbocycles. The topological polar surface area (TPSA) is 74.9 Å². The van der Waals surface area contributed by atoms with Crippen LogP contribution in [0.2, 0.25) is 0 Å². The van der Waals surface area contributed by atoms with Crippen molar-refractivity contribution in [3.63, 3.8) is 0 Å². The number of nitrogen functional groups attached to an aromatic ring is 1. The lowest BCUT2D eigenvalue weighted by atomic mass is 9.99. The zero-order chi connectivity index (χ0) is 16.7. The van der Waals surface area contributed by atoms with Crippen LogP contribution in [0.15, 0.2) is 37.2 Å². The summed E-state index contributed by atoms with van der Waals surface area (Å²) in [6.07, 6.45) is 1.61. The third-order valence-corrected chi connectivity index (χ3v) is 3.78. The molecule has 1 aromatic carbocycles. The molecule has 0 fully saturated rings. The highest BCUT2D eigenvalue weighted by Crippen LogP contribution is 2.33. The van der Waals surface area contributed by atoms with E-state index < -0.39 is 23.3 Å². The highest BCUT2D eigenvalue weighted by atomic mass is 19.1. The van der Waals surface area contributed by atoms with Gasteiger partial charge in [-0.2, -0.15) is 0 Å². The largest absolute Gasteiger partial charge is 0.396 e. The average Bonchev–Trinajstić information content (AvgIpc) is 2.94. The molecule has 3 aromatic rings. The molecule has 0 aliphatic rings. The van der Waals surface area contributed by atoms with Gasteiger partial charge in [0.2, 0.25) is 0 Å². The molecule has 0 aliphatic carbocycles. The fourth-order valence-corrected chi connectivity index (χ4v) is 2.48. The number of hydrogen-bond acceptors (Lipinski definition) is 3. The molecule has 3 rings (SSSR count). The quantitative estimate of drug-likeness (QED) is 0.647. The van der Waals surface area contributed by atoms with Crippen LogP contribution < -0.4 is 5.73 Å². The van der Waals surface area contributed by atoms with Gasteiger partial charge in [0.1, 0.15) is 17.6 Å². The number of aliphatic hydroxyl groups excluding tert-OH is 1. The molecule has 0 radical (unpaired) electrons. The van der Waals surface area contributed by atoms with Crippen LogP contribution in [0.5, 0.6) is 0 Å². The summed E-state index contributed by atoms with van der Waals surface area (Å²) in [7, 11) is 0. The number of benzene rings is 1. The van der Waals surface area contributed by atoms with Gasteiger partial charge in [0.05, 0.1) is 11.3 Å². The summed E-state index contributed by atoms with van der Waals surface area (Å²) in [5.41, 5.74) is 7.17. The molecule has 4 nitrogen and oxygen atoms in total. The molecular formula is C17H15F2N3O. The number of H-pyrrole nitrogens is 1. The van der Waals surface area contributed by atoms with Crippen molar-refractivity contribution in [1.29, 1.82) is 0 Å². The zero-order valence-electron chi connectivity index (χ0n) is 12.4. The fourth-order valence-electron chi connectivity index (χ4n) is 2.48. The number of aliphatic hydroxyl groups is 1. The van der Waals surface area contributed by atoms with Crippen molar-refractivity contribution < 1.29 is 13.9 Å². The highest BCUT2D eigenvalue weighted by Gasteiger charge is 2.24. The second-order valence-electron chi connectivity index (χ2n) is 5.41. The van der Waals surface area contributed by atoms with Gasteiger partial charge in [0, 0.05) is 23.3 Å². The maximum absolute atomic E-state index is 14.1. The standard InChI is InChI=1S/C17H15F2N3O/c1-8(2)9-5-10-11(7-22-17(10)21-6-9)16(23)14-12(18)3-4-13(20)15(14)19/h3-7,16,23H,1,20H2,2H3,(H,21,22). The number of nitrogens with zero attached hydrogens (tertiary/aromatic N) is 1. The summed E-state index contributed by atoms with van der Waals surface area (Å²) in [4.78, 5) is 7.10. The first-order valence-corrected chi connectivity index (χ1v) is 6.94. The molecule has 0 bridgehead atoms. The maximum Gasteiger partial charge on any atom is 0.155 e. The van der Waals surface area contributed by atoms with Crippen molar-refractivity contribution in [3.05, 3.63) is 65.5 Å². The van der Waals surface area contributed by atoms with Crippen molar-refractivity contribution in [3.8, 4) is 0 Å². The number of allylic oxidation sites excluding steroid dienone is 1. The minimum Gasteiger partial charge on any atom is -0.396 e. The van der Waals surface area contributed by atoms with Crippen LogP contribution in [0.25, 0.3) is 16.6 Å². The SMILES string of the molecule is C=C(C)c1cnc2[nH]cc(C(O)c3c(F)ccc(N)c3F)c2c1. The first-order chi connectivity index (χ1) is 10.9. The van der Waals surface area contributed by atoms with Crippen molar-refractivity contribution >= 4 is 22.3 Å². The van der Waals surface area contributed by atoms with Crippen LogP contribution >= 0.6 is 0 Å². The molecule has 118 valence electrons. The maximum atomic E-state index is 14.1. The summed E-state index contributed by atoms with van der Waals surface area (Å²) in [6.45, 7) is 5.66. The van der Waals surface area contributed by atoms with Crippen LogP contribution in [0.4, 0.5) is 14.5 Å². The van der Waals surface area contributed by atoms with Gasteiger partial charge in [-0.25, -0.2) is 13.8 Å². The molecule has 0 saturated heterocycles. The predicted molar refractivity (Wildman–Crippen MR) is 85.6 cm³/mol. The normalized spacial score (nSPS) is 12.5. The van der Waals surface area contributed by atoms with E-state index in [2.05, 4.69) is 16.5 Å². The Bertz CT molecular complexity index is 918. The number of halogens is 2. The monoisotopic (exact) mass is 315 g/mol. The number of pyridine rings is 1. The van der Waals surface area contributed by atoms with E-state index in [1.54, 1.807) is 12.3 Å². The Balaban J connectivity index is 2.19. The van der Waals surface area contributed by atoms with Crippen LogP contribution in [-0.4, -0.2) is 15.1 Å². The second-order valence-corrected chi connectivity index (χ2v) is 5.41. The van der Waals surface area contributed by atoms with Crippen LogP contribution in [0.3, 0.4) is 0 Å². The van der Waals surface area contributed by atoms with Crippen molar-refractivity contribution in [2.75, 3.05) is 5.73 Å². The molecule has 2 heterocycles. The van der Waals surface area contributed by atoms with E-state index in [-0.39, 0.29) is 5.69 Å². The molecule has 2 aromatic heterocycles. The Labute approximate surface area is 131 Å². The fraction of sp³-hybridized carbons (Fsp3) is 0.118. The number of nitrogens with one attached hydrogen (secondary N) is 1. The number of rotatable bonds is 3. The van der Waals surface area contributed by atoms with Gasteiger partial charge in [-0.15, -0.1) is 0 Å². The molecule has 1 atom stereocenters. The van der Waals surface area contributed by atoms with Crippen LogP contribution in [0.1, 0.15) is 29.7 Å². The van der Waals surface area contributed by atoms with E-state index in [0.29, 0.717) is 16.6 Å². The zero-order valence-corrected chi connectivity index (χ0v) is 12.4. The molecule has 6 heteroatoms. The number of anilines is 1. The molecule has 0 amide bonds. The Morgan fingerprint density at radius 1 is 1.39 bits per heavy atom. The van der Waals surface area contributed by atoms with Gasteiger partial charge in [0.15, 0.2) is 5.82 Å². The Hall–Kier alpha value is -2.73. The van der Waals surface area contributed by atoms with E-state index in [0.717, 1.165) is 23.3 Å². The molecule has 1 unspecified atom stereocenters. The summed E-state index contributed by atoms with van der Waals surface area (Å²) >= 11 is 0. The summed E-state index contributed by atoms with van der Waals surface area (Å²) in [5, 5.41) is 11.1. The highest BCUT2D eigenvalue weighted by molar-refractivity contribution is 5.84. The smallest absolute Gasteiger partial charge is 0.155 e.